The van der Waals surface area contributed by atoms with E-state index in [-0.39, 0.29) is 11.9 Å². The Morgan fingerprint density at radius 3 is 2.79 bits per heavy atom. The first-order chi connectivity index (χ1) is 9.08. The Bertz CT molecular complexity index is 445. The molecule has 1 aromatic carbocycles. The molecule has 2 N–H and O–H groups in total. The highest BCUT2D eigenvalue weighted by atomic mass is 16.2. The van der Waals surface area contributed by atoms with Gasteiger partial charge in [0.05, 0.1) is 17.4 Å². The number of anilines is 2. The lowest BCUT2D eigenvalue weighted by Crippen LogP contribution is -2.45. The van der Waals surface area contributed by atoms with Crippen molar-refractivity contribution in [3.8, 4) is 0 Å². The predicted octanol–water partition coefficient (Wildman–Crippen LogP) is 2.08. The van der Waals surface area contributed by atoms with Crippen molar-refractivity contribution in [2.24, 2.45) is 5.92 Å². The number of carbonyl (C=O) groups excluding carboxylic acids is 1. The molecule has 0 spiro atoms. The third kappa shape index (κ3) is 3.47. The number of nitrogens with one attached hydrogen (secondary N) is 2. The average molecular weight is 261 g/mol. The molecule has 2 rings (SSSR count). The summed E-state index contributed by atoms with van der Waals surface area (Å²) in [5.74, 6) is 0.682. The largest absolute Gasteiger partial charge is 0.376 e. The van der Waals surface area contributed by atoms with E-state index in [2.05, 4.69) is 17.6 Å². The van der Waals surface area contributed by atoms with E-state index < -0.39 is 0 Å². The fourth-order valence-electron chi connectivity index (χ4n) is 2.50. The second-order valence-electron chi connectivity index (χ2n) is 5.54. The summed E-state index contributed by atoms with van der Waals surface area (Å²) >= 11 is 0. The van der Waals surface area contributed by atoms with Gasteiger partial charge < -0.3 is 15.5 Å². The Morgan fingerprint density at radius 1 is 1.37 bits per heavy atom. The van der Waals surface area contributed by atoms with Gasteiger partial charge in [0.15, 0.2) is 0 Å². The third-order valence-corrected chi connectivity index (χ3v) is 3.63. The minimum Gasteiger partial charge on any atom is -0.376 e. The van der Waals surface area contributed by atoms with Crippen molar-refractivity contribution < 1.29 is 4.79 Å². The summed E-state index contributed by atoms with van der Waals surface area (Å²) in [6.45, 7) is 3.13. The monoisotopic (exact) mass is 261 g/mol. The average Bonchev–Trinajstić information content (AvgIpc) is 2.39. The van der Waals surface area contributed by atoms with Crippen LogP contribution in [-0.4, -0.2) is 32.6 Å². The highest BCUT2D eigenvalue weighted by Gasteiger charge is 2.24. The van der Waals surface area contributed by atoms with Gasteiger partial charge in [-0.1, -0.05) is 19.1 Å². The van der Waals surface area contributed by atoms with Gasteiger partial charge in [-0.05, 0) is 37.4 Å². The molecule has 0 bridgehead atoms. The first-order valence-corrected chi connectivity index (χ1v) is 6.88. The Morgan fingerprint density at radius 2 is 2.11 bits per heavy atom. The number of rotatable bonds is 3. The molecule has 2 unspecified atom stereocenters. The molecule has 1 saturated heterocycles. The molecule has 1 aliphatic heterocycles. The number of piperidine rings is 1. The molecule has 0 radical (unpaired) electrons. The van der Waals surface area contributed by atoms with Gasteiger partial charge in [0, 0.05) is 14.1 Å². The minimum atomic E-state index is -0.0704. The Hall–Kier alpha value is -1.55. The number of hydrogen-bond acceptors (Lipinski definition) is 3. The van der Waals surface area contributed by atoms with Crippen molar-refractivity contribution >= 4 is 17.3 Å². The smallest absolute Gasteiger partial charge is 0.241 e. The van der Waals surface area contributed by atoms with Crippen molar-refractivity contribution in [1.82, 2.24) is 5.32 Å². The lowest BCUT2D eigenvalue weighted by atomic mass is 9.94. The van der Waals surface area contributed by atoms with E-state index in [1.807, 2.05) is 43.3 Å². The zero-order valence-electron chi connectivity index (χ0n) is 11.9. The van der Waals surface area contributed by atoms with Gasteiger partial charge in [-0.2, -0.15) is 0 Å². The van der Waals surface area contributed by atoms with Crippen molar-refractivity contribution in [3.05, 3.63) is 24.3 Å². The Kier molecular flexibility index (Phi) is 4.43. The zero-order valence-corrected chi connectivity index (χ0v) is 11.9. The van der Waals surface area contributed by atoms with Crippen LogP contribution in [-0.2, 0) is 4.79 Å². The fraction of sp³-hybridized carbons (Fsp3) is 0.533. The summed E-state index contributed by atoms with van der Waals surface area (Å²) in [6, 6.07) is 7.80. The summed E-state index contributed by atoms with van der Waals surface area (Å²) in [4.78, 5) is 14.3. The topological polar surface area (TPSA) is 44.4 Å². The lowest BCUT2D eigenvalue weighted by Gasteiger charge is -2.28. The van der Waals surface area contributed by atoms with Crippen LogP contribution in [0.2, 0.25) is 0 Å². The van der Waals surface area contributed by atoms with Gasteiger partial charge in [0.2, 0.25) is 5.91 Å². The molecule has 104 valence electrons. The first-order valence-electron chi connectivity index (χ1n) is 6.88. The summed E-state index contributed by atoms with van der Waals surface area (Å²) in [6.07, 6.45) is 2.06. The molecule has 1 aromatic rings. The van der Waals surface area contributed by atoms with Gasteiger partial charge in [0.1, 0.15) is 0 Å². The summed E-state index contributed by atoms with van der Waals surface area (Å²) in [5.41, 5.74) is 1.90. The van der Waals surface area contributed by atoms with E-state index in [0.29, 0.717) is 5.92 Å². The van der Waals surface area contributed by atoms with Crippen molar-refractivity contribution in [2.45, 2.75) is 25.8 Å². The summed E-state index contributed by atoms with van der Waals surface area (Å²) in [5, 5.41) is 6.33. The molecule has 1 fully saturated rings. The van der Waals surface area contributed by atoms with Crippen LogP contribution in [0.1, 0.15) is 19.8 Å². The highest BCUT2D eigenvalue weighted by molar-refractivity contribution is 5.97. The maximum atomic E-state index is 12.3. The zero-order chi connectivity index (χ0) is 13.8. The standard InChI is InChI=1S/C15H23N3O/c1-11-8-9-16-13(10-11)15(19)17-12-6-4-5-7-14(12)18(2)3/h4-7,11,13,16H,8-10H2,1-3H3,(H,17,19). The Balaban J connectivity index is 2.06. The summed E-state index contributed by atoms with van der Waals surface area (Å²) < 4.78 is 0. The van der Waals surface area contributed by atoms with E-state index in [0.717, 1.165) is 30.8 Å². The van der Waals surface area contributed by atoms with Crippen molar-refractivity contribution in [1.29, 1.82) is 0 Å². The van der Waals surface area contributed by atoms with E-state index in [4.69, 9.17) is 0 Å². The molecule has 0 aliphatic carbocycles. The second-order valence-corrected chi connectivity index (χ2v) is 5.54. The van der Waals surface area contributed by atoms with Crippen molar-refractivity contribution in [2.75, 3.05) is 30.9 Å². The van der Waals surface area contributed by atoms with Crippen LogP contribution < -0.4 is 15.5 Å². The molecule has 19 heavy (non-hydrogen) atoms. The molecular weight excluding hydrogens is 238 g/mol. The third-order valence-electron chi connectivity index (χ3n) is 3.63. The number of hydrogen-bond donors (Lipinski definition) is 2. The van der Waals surface area contributed by atoms with Gasteiger partial charge >= 0.3 is 0 Å². The highest BCUT2D eigenvalue weighted by Crippen LogP contribution is 2.24. The molecule has 2 atom stereocenters. The molecular formula is C15H23N3O. The van der Waals surface area contributed by atoms with E-state index in [1.54, 1.807) is 0 Å². The van der Waals surface area contributed by atoms with Gasteiger partial charge in [-0.3, -0.25) is 4.79 Å². The molecule has 4 heteroatoms. The molecule has 4 nitrogen and oxygen atoms in total. The number of nitrogens with zero attached hydrogens (tertiary/aromatic N) is 1. The minimum absolute atomic E-state index is 0.0702. The van der Waals surface area contributed by atoms with Crippen LogP contribution in [0.4, 0.5) is 11.4 Å². The van der Waals surface area contributed by atoms with E-state index in [1.165, 1.54) is 0 Å². The fourth-order valence-corrected chi connectivity index (χ4v) is 2.50. The summed E-state index contributed by atoms with van der Waals surface area (Å²) in [7, 11) is 3.96. The number of benzene rings is 1. The maximum Gasteiger partial charge on any atom is 0.241 e. The van der Waals surface area contributed by atoms with Crippen LogP contribution in [0.5, 0.6) is 0 Å². The normalized spacial score (nSPS) is 22.9. The number of carbonyl (C=O) groups is 1. The molecule has 1 aliphatic rings. The van der Waals surface area contributed by atoms with Gasteiger partial charge in [-0.15, -0.1) is 0 Å². The SMILES string of the molecule is CC1CCNC(C(=O)Nc2ccccc2N(C)C)C1. The molecule has 1 amide bonds. The molecule has 1 heterocycles. The van der Waals surface area contributed by atoms with Crippen LogP contribution in [0.15, 0.2) is 24.3 Å². The maximum absolute atomic E-state index is 12.3. The van der Waals surface area contributed by atoms with Crippen LogP contribution in [0.3, 0.4) is 0 Å². The van der Waals surface area contributed by atoms with Crippen LogP contribution in [0, 0.1) is 5.92 Å². The quantitative estimate of drug-likeness (QED) is 0.875. The van der Waals surface area contributed by atoms with Gasteiger partial charge in [0.25, 0.3) is 0 Å². The lowest BCUT2D eigenvalue weighted by molar-refractivity contribution is -0.119. The second kappa shape index (κ2) is 6.06. The number of para-hydroxylation sites is 2. The molecule has 0 aromatic heterocycles. The first kappa shape index (κ1) is 13.9. The Labute approximate surface area is 115 Å². The van der Waals surface area contributed by atoms with Crippen LogP contribution >= 0.6 is 0 Å². The number of amides is 1. The van der Waals surface area contributed by atoms with Crippen molar-refractivity contribution in [3.63, 3.8) is 0 Å². The van der Waals surface area contributed by atoms with E-state index >= 15 is 0 Å². The predicted molar refractivity (Wildman–Crippen MR) is 79.6 cm³/mol. The molecule has 0 saturated carbocycles. The van der Waals surface area contributed by atoms with E-state index in [9.17, 15) is 4.79 Å². The van der Waals surface area contributed by atoms with Gasteiger partial charge in [-0.25, -0.2) is 0 Å². The van der Waals surface area contributed by atoms with Crippen LogP contribution in [0.25, 0.3) is 0 Å².